The second-order valence-corrected chi connectivity index (χ2v) is 6.22. The first-order chi connectivity index (χ1) is 12.2. The van der Waals surface area contributed by atoms with Gasteiger partial charge in [-0.25, -0.2) is 9.97 Å². The molecule has 25 heavy (non-hydrogen) atoms. The normalized spacial score (nSPS) is 10.3. The number of aromatic nitrogens is 2. The van der Waals surface area contributed by atoms with Gasteiger partial charge in [-0.1, -0.05) is 42.5 Å². The van der Waals surface area contributed by atoms with Crippen LogP contribution < -0.4 is 10.6 Å². The molecule has 3 aromatic rings. The number of nitrogens with one attached hydrogen (secondary N) is 2. The third-order valence-corrected chi connectivity index (χ3v) is 4.24. The van der Waals surface area contributed by atoms with Gasteiger partial charge in [0.15, 0.2) is 0 Å². The van der Waals surface area contributed by atoms with Gasteiger partial charge in [0.1, 0.15) is 5.69 Å². The van der Waals surface area contributed by atoms with Crippen molar-refractivity contribution in [3.8, 4) is 0 Å². The van der Waals surface area contributed by atoms with Crippen molar-refractivity contribution in [1.29, 1.82) is 0 Å². The standard InChI is InChI=1S/C19H17BrN4O/c20-15-8-4-5-9-16(15)23-18(25)17-11-13-22-19(24-17)21-12-10-14-6-2-1-3-7-14/h1-9,11,13H,10,12H2,(H,23,25)(H,21,22,24). The summed E-state index contributed by atoms with van der Waals surface area (Å²) in [6.45, 7) is 0.694. The van der Waals surface area contributed by atoms with Crippen LogP contribution in [0.4, 0.5) is 11.6 Å². The van der Waals surface area contributed by atoms with Crippen LogP contribution in [0.5, 0.6) is 0 Å². The molecule has 0 bridgehead atoms. The van der Waals surface area contributed by atoms with Gasteiger partial charge in [0.05, 0.1) is 5.69 Å². The summed E-state index contributed by atoms with van der Waals surface area (Å²) in [5.74, 6) is 0.163. The van der Waals surface area contributed by atoms with E-state index in [2.05, 4.69) is 48.7 Å². The molecule has 2 N–H and O–H groups in total. The summed E-state index contributed by atoms with van der Waals surface area (Å²) in [6, 6.07) is 19.2. The largest absolute Gasteiger partial charge is 0.354 e. The Bertz CT molecular complexity index is 855. The maximum absolute atomic E-state index is 12.4. The van der Waals surface area contributed by atoms with E-state index in [4.69, 9.17) is 0 Å². The Labute approximate surface area is 154 Å². The van der Waals surface area contributed by atoms with E-state index < -0.39 is 0 Å². The first-order valence-electron chi connectivity index (χ1n) is 7.89. The number of halogens is 1. The summed E-state index contributed by atoms with van der Waals surface area (Å²) < 4.78 is 0.818. The van der Waals surface area contributed by atoms with Gasteiger partial charge in [0, 0.05) is 17.2 Å². The van der Waals surface area contributed by atoms with Crippen LogP contribution in [-0.4, -0.2) is 22.4 Å². The van der Waals surface area contributed by atoms with E-state index in [9.17, 15) is 4.79 Å². The molecule has 0 unspecified atom stereocenters. The highest BCUT2D eigenvalue weighted by molar-refractivity contribution is 9.10. The molecule has 2 aromatic carbocycles. The highest BCUT2D eigenvalue weighted by Crippen LogP contribution is 2.21. The lowest BCUT2D eigenvalue weighted by Crippen LogP contribution is -2.16. The second kappa shape index (κ2) is 8.39. The van der Waals surface area contributed by atoms with Crippen LogP contribution in [0, 0.1) is 0 Å². The molecule has 0 aliphatic heterocycles. The summed E-state index contributed by atoms with van der Waals surface area (Å²) in [5, 5.41) is 5.98. The van der Waals surface area contributed by atoms with Crippen LogP contribution in [-0.2, 0) is 6.42 Å². The zero-order valence-corrected chi connectivity index (χ0v) is 15.0. The number of hydrogen-bond donors (Lipinski definition) is 2. The molecule has 0 saturated carbocycles. The lowest BCUT2D eigenvalue weighted by molar-refractivity contribution is 0.102. The molecular weight excluding hydrogens is 380 g/mol. The van der Waals surface area contributed by atoms with E-state index >= 15 is 0 Å². The van der Waals surface area contributed by atoms with Gasteiger partial charge >= 0.3 is 0 Å². The van der Waals surface area contributed by atoms with E-state index in [0.29, 0.717) is 23.9 Å². The van der Waals surface area contributed by atoms with Crippen molar-refractivity contribution < 1.29 is 4.79 Å². The van der Waals surface area contributed by atoms with Crippen LogP contribution in [0.2, 0.25) is 0 Å². The summed E-state index contributed by atoms with van der Waals surface area (Å²) in [5.41, 5.74) is 2.25. The quantitative estimate of drug-likeness (QED) is 0.656. The van der Waals surface area contributed by atoms with Crippen LogP contribution >= 0.6 is 15.9 Å². The van der Waals surface area contributed by atoms with Crippen LogP contribution in [0.15, 0.2) is 71.3 Å². The molecule has 0 fully saturated rings. The topological polar surface area (TPSA) is 66.9 Å². The van der Waals surface area contributed by atoms with Crippen molar-refractivity contribution >= 4 is 33.5 Å². The maximum atomic E-state index is 12.4. The van der Waals surface area contributed by atoms with E-state index in [1.54, 1.807) is 12.3 Å². The number of nitrogens with zero attached hydrogens (tertiary/aromatic N) is 2. The third kappa shape index (κ3) is 4.87. The lowest BCUT2D eigenvalue weighted by Gasteiger charge is -2.08. The smallest absolute Gasteiger partial charge is 0.274 e. The first kappa shape index (κ1) is 17.1. The molecule has 1 aromatic heterocycles. The Hall–Kier alpha value is -2.73. The Morgan fingerprint density at radius 1 is 1.00 bits per heavy atom. The molecular formula is C19H17BrN4O. The summed E-state index contributed by atoms with van der Waals surface area (Å²) >= 11 is 3.41. The van der Waals surface area contributed by atoms with Crippen molar-refractivity contribution in [2.45, 2.75) is 6.42 Å². The highest BCUT2D eigenvalue weighted by Gasteiger charge is 2.10. The molecule has 1 heterocycles. The number of hydrogen-bond acceptors (Lipinski definition) is 4. The number of amides is 1. The Morgan fingerprint density at radius 3 is 2.56 bits per heavy atom. The molecule has 6 heteroatoms. The highest BCUT2D eigenvalue weighted by atomic mass is 79.9. The fourth-order valence-corrected chi connectivity index (χ4v) is 2.67. The number of para-hydroxylation sites is 1. The Morgan fingerprint density at radius 2 is 1.76 bits per heavy atom. The van der Waals surface area contributed by atoms with Gasteiger partial charge in [0.2, 0.25) is 5.95 Å². The van der Waals surface area contributed by atoms with E-state index in [0.717, 1.165) is 10.9 Å². The first-order valence-corrected chi connectivity index (χ1v) is 8.68. The van der Waals surface area contributed by atoms with Gasteiger partial charge in [-0.2, -0.15) is 0 Å². The minimum atomic E-state index is -0.277. The van der Waals surface area contributed by atoms with E-state index in [1.807, 2.05) is 42.5 Å². The Balaban J connectivity index is 1.61. The predicted molar refractivity (Wildman–Crippen MR) is 103 cm³/mol. The predicted octanol–water partition coefficient (Wildman–Crippen LogP) is 4.15. The van der Waals surface area contributed by atoms with Crippen molar-refractivity contribution in [1.82, 2.24) is 9.97 Å². The second-order valence-electron chi connectivity index (χ2n) is 5.36. The molecule has 3 rings (SSSR count). The number of benzene rings is 2. The molecule has 5 nitrogen and oxygen atoms in total. The Kier molecular flexibility index (Phi) is 5.74. The maximum Gasteiger partial charge on any atom is 0.274 e. The van der Waals surface area contributed by atoms with Crippen LogP contribution in [0.3, 0.4) is 0 Å². The average molecular weight is 397 g/mol. The van der Waals surface area contributed by atoms with Gasteiger partial charge in [0.25, 0.3) is 5.91 Å². The summed E-state index contributed by atoms with van der Waals surface area (Å²) in [6.07, 6.45) is 2.43. The van der Waals surface area contributed by atoms with Gasteiger partial charge in [-0.3, -0.25) is 4.79 Å². The minimum absolute atomic E-state index is 0.277. The van der Waals surface area contributed by atoms with Crippen LogP contribution in [0.25, 0.3) is 0 Å². The number of anilines is 2. The molecule has 0 spiro atoms. The van der Waals surface area contributed by atoms with E-state index in [-0.39, 0.29) is 5.91 Å². The molecule has 1 amide bonds. The van der Waals surface area contributed by atoms with Crippen molar-refractivity contribution in [2.24, 2.45) is 0 Å². The fraction of sp³-hybridized carbons (Fsp3) is 0.105. The SMILES string of the molecule is O=C(Nc1ccccc1Br)c1ccnc(NCCc2ccccc2)n1. The monoisotopic (exact) mass is 396 g/mol. The molecule has 0 radical (unpaired) electrons. The zero-order valence-electron chi connectivity index (χ0n) is 13.4. The third-order valence-electron chi connectivity index (χ3n) is 3.55. The molecule has 0 atom stereocenters. The number of carbonyl (C=O) groups excluding carboxylic acids is 1. The minimum Gasteiger partial charge on any atom is -0.354 e. The number of carbonyl (C=O) groups is 1. The fourth-order valence-electron chi connectivity index (χ4n) is 2.28. The van der Waals surface area contributed by atoms with Crippen molar-refractivity contribution in [2.75, 3.05) is 17.2 Å². The summed E-state index contributed by atoms with van der Waals surface area (Å²) in [7, 11) is 0. The molecule has 126 valence electrons. The number of rotatable bonds is 6. The zero-order chi connectivity index (χ0) is 17.5. The van der Waals surface area contributed by atoms with Gasteiger partial charge < -0.3 is 10.6 Å². The molecule has 0 aliphatic rings. The molecule has 0 aliphatic carbocycles. The van der Waals surface area contributed by atoms with Gasteiger partial charge in [-0.15, -0.1) is 0 Å². The van der Waals surface area contributed by atoms with E-state index in [1.165, 1.54) is 5.56 Å². The van der Waals surface area contributed by atoms with Gasteiger partial charge in [-0.05, 0) is 46.1 Å². The van der Waals surface area contributed by atoms with Crippen LogP contribution in [0.1, 0.15) is 16.1 Å². The average Bonchev–Trinajstić information content (AvgIpc) is 2.65. The van der Waals surface area contributed by atoms with Crippen molar-refractivity contribution in [3.05, 3.63) is 82.6 Å². The lowest BCUT2D eigenvalue weighted by atomic mass is 10.1. The molecule has 0 saturated heterocycles. The summed E-state index contributed by atoms with van der Waals surface area (Å²) in [4.78, 5) is 20.8. The van der Waals surface area contributed by atoms with Crippen molar-refractivity contribution in [3.63, 3.8) is 0 Å².